The lowest BCUT2D eigenvalue weighted by atomic mass is 9.77. The van der Waals surface area contributed by atoms with Crippen LogP contribution in [0.5, 0.6) is 0 Å². The van der Waals surface area contributed by atoms with Crippen LogP contribution in [0.3, 0.4) is 0 Å². The first-order valence-corrected chi connectivity index (χ1v) is 10.2. The Bertz CT molecular complexity index is 820. The smallest absolute Gasteiger partial charge is 0.224 e. The number of nitrogens with zero attached hydrogens (tertiary/aromatic N) is 1. The van der Waals surface area contributed by atoms with Crippen molar-refractivity contribution in [3.05, 3.63) is 65.7 Å². The molecule has 29 heavy (non-hydrogen) atoms. The number of amides is 2. The van der Waals surface area contributed by atoms with Crippen molar-refractivity contribution < 1.29 is 14.0 Å². The molecule has 0 saturated heterocycles. The first-order valence-electron chi connectivity index (χ1n) is 10.2. The molecule has 1 atom stereocenters. The van der Waals surface area contributed by atoms with Crippen LogP contribution in [0.1, 0.15) is 49.9 Å². The van der Waals surface area contributed by atoms with Gasteiger partial charge in [-0.2, -0.15) is 0 Å². The minimum absolute atomic E-state index is 0.0526. The highest BCUT2D eigenvalue weighted by molar-refractivity contribution is 5.78. The number of carbonyl (C=O) groups is 2. The van der Waals surface area contributed by atoms with Crippen LogP contribution in [0.25, 0.3) is 0 Å². The molecule has 3 rings (SSSR count). The van der Waals surface area contributed by atoms with Crippen molar-refractivity contribution in [2.45, 2.75) is 45.1 Å². The molecule has 2 aromatic rings. The van der Waals surface area contributed by atoms with E-state index in [0.29, 0.717) is 23.9 Å². The number of carbonyl (C=O) groups excluding carboxylic acids is 2. The van der Waals surface area contributed by atoms with Crippen LogP contribution in [-0.2, 0) is 16.0 Å². The van der Waals surface area contributed by atoms with Gasteiger partial charge < -0.3 is 10.6 Å². The Morgan fingerprint density at radius 3 is 2.48 bits per heavy atom. The number of hydrogen-bond donors (Lipinski definition) is 2. The maximum Gasteiger partial charge on any atom is 0.224 e. The molecule has 0 aliphatic heterocycles. The number of nitrogens with one attached hydrogen (secondary N) is 2. The summed E-state index contributed by atoms with van der Waals surface area (Å²) in [4.78, 5) is 28.3. The minimum Gasteiger partial charge on any atom is -0.356 e. The zero-order valence-corrected chi connectivity index (χ0v) is 16.7. The van der Waals surface area contributed by atoms with Gasteiger partial charge in [0.1, 0.15) is 5.82 Å². The van der Waals surface area contributed by atoms with Crippen LogP contribution in [0, 0.1) is 17.7 Å². The Labute approximate surface area is 171 Å². The van der Waals surface area contributed by atoms with E-state index < -0.39 is 0 Å². The first kappa shape index (κ1) is 21.0. The molecule has 2 N–H and O–H groups in total. The standard InChI is InChI=1S/C23H28FN3O2/c1-16(28)27-23(21-8-4-5-13-25-21)18-11-9-17(10-12-18)15-26-22(29)14-19-6-2-3-7-20(19)24/h2-8,13,17-18,23H,9-12,14-15H2,1H3,(H,26,29)(H,27,28)/t17?,18?,23-/m0/s1. The number of hydrogen-bond acceptors (Lipinski definition) is 3. The maximum absolute atomic E-state index is 13.7. The quantitative estimate of drug-likeness (QED) is 0.750. The summed E-state index contributed by atoms with van der Waals surface area (Å²) in [5.41, 5.74) is 1.31. The fraction of sp³-hybridized carbons (Fsp3) is 0.435. The van der Waals surface area contributed by atoms with Gasteiger partial charge in [-0.1, -0.05) is 24.3 Å². The molecule has 154 valence electrons. The fourth-order valence-electron chi connectivity index (χ4n) is 4.07. The highest BCUT2D eigenvalue weighted by Gasteiger charge is 2.30. The van der Waals surface area contributed by atoms with Gasteiger partial charge in [0.2, 0.25) is 11.8 Å². The van der Waals surface area contributed by atoms with E-state index >= 15 is 0 Å². The molecule has 0 unspecified atom stereocenters. The SMILES string of the molecule is CC(=O)N[C@H](c1ccccn1)C1CCC(CNC(=O)Cc2ccccc2F)CC1. The maximum atomic E-state index is 13.7. The van der Waals surface area contributed by atoms with Gasteiger partial charge in [0, 0.05) is 19.7 Å². The summed E-state index contributed by atoms with van der Waals surface area (Å²) in [5.74, 6) is 0.184. The second kappa shape index (κ2) is 10.1. The number of benzene rings is 1. The summed E-state index contributed by atoms with van der Waals surface area (Å²) in [6.45, 7) is 2.14. The largest absolute Gasteiger partial charge is 0.356 e. The number of pyridine rings is 1. The summed E-state index contributed by atoms with van der Waals surface area (Å²) < 4.78 is 13.7. The lowest BCUT2D eigenvalue weighted by Gasteiger charge is -2.34. The van der Waals surface area contributed by atoms with Crippen LogP contribution in [0.15, 0.2) is 48.7 Å². The Morgan fingerprint density at radius 1 is 1.10 bits per heavy atom. The molecule has 1 aliphatic rings. The monoisotopic (exact) mass is 397 g/mol. The van der Waals surface area contributed by atoms with Crippen LogP contribution in [0.4, 0.5) is 4.39 Å². The summed E-state index contributed by atoms with van der Waals surface area (Å²) in [6.07, 6.45) is 5.71. The van der Waals surface area contributed by atoms with Gasteiger partial charge in [0.05, 0.1) is 18.2 Å². The van der Waals surface area contributed by atoms with E-state index in [4.69, 9.17) is 0 Å². The van der Waals surface area contributed by atoms with Gasteiger partial charge in [-0.15, -0.1) is 0 Å². The van der Waals surface area contributed by atoms with E-state index in [1.807, 2.05) is 18.2 Å². The third-order valence-electron chi connectivity index (χ3n) is 5.62. The van der Waals surface area contributed by atoms with E-state index in [1.165, 1.54) is 13.0 Å². The molecule has 0 radical (unpaired) electrons. The fourth-order valence-corrected chi connectivity index (χ4v) is 4.07. The van der Waals surface area contributed by atoms with E-state index in [1.54, 1.807) is 24.4 Å². The predicted octanol–water partition coefficient (Wildman–Crippen LogP) is 3.56. The third-order valence-corrected chi connectivity index (χ3v) is 5.62. The summed E-state index contributed by atoms with van der Waals surface area (Å²) >= 11 is 0. The highest BCUT2D eigenvalue weighted by atomic mass is 19.1. The molecule has 0 spiro atoms. The van der Waals surface area contributed by atoms with Crippen LogP contribution in [0.2, 0.25) is 0 Å². The number of rotatable bonds is 7. The Hall–Kier alpha value is -2.76. The van der Waals surface area contributed by atoms with Crippen molar-refractivity contribution in [2.75, 3.05) is 6.54 Å². The average molecular weight is 397 g/mol. The zero-order valence-electron chi connectivity index (χ0n) is 16.7. The molecule has 1 heterocycles. The Balaban J connectivity index is 1.48. The topological polar surface area (TPSA) is 71.1 Å². The lowest BCUT2D eigenvalue weighted by molar-refractivity contribution is -0.121. The number of halogens is 1. The summed E-state index contributed by atoms with van der Waals surface area (Å²) in [6, 6.07) is 12.1. The van der Waals surface area contributed by atoms with Crippen molar-refractivity contribution in [1.29, 1.82) is 0 Å². The molecule has 5 nitrogen and oxygen atoms in total. The second-order valence-corrected chi connectivity index (χ2v) is 7.79. The van der Waals surface area contributed by atoms with Gasteiger partial charge in [0.15, 0.2) is 0 Å². The Kier molecular flexibility index (Phi) is 7.33. The van der Waals surface area contributed by atoms with E-state index in [9.17, 15) is 14.0 Å². The first-order chi connectivity index (χ1) is 14.0. The van der Waals surface area contributed by atoms with Gasteiger partial charge in [-0.25, -0.2) is 4.39 Å². The van der Waals surface area contributed by atoms with Crippen molar-refractivity contribution in [2.24, 2.45) is 11.8 Å². The van der Waals surface area contributed by atoms with Crippen molar-refractivity contribution in [3.8, 4) is 0 Å². The van der Waals surface area contributed by atoms with Crippen LogP contribution in [-0.4, -0.2) is 23.3 Å². The molecule has 1 aliphatic carbocycles. The van der Waals surface area contributed by atoms with Crippen molar-refractivity contribution in [3.63, 3.8) is 0 Å². The average Bonchev–Trinajstić information content (AvgIpc) is 2.73. The Morgan fingerprint density at radius 2 is 1.83 bits per heavy atom. The summed E-state index contributed by atoms with van der Waals surface area (Å²) in [5, 5.41) is 6.01. The summed E-state index contributed by atoms with van der Waals surface area (Å²) in [7, 11) is 0. The molecule has 1 aromatic carbocycles. The minimum atomic E-state index is -0.346. The number of aromatic nitrogens is 1. The van der Waals surface area contributed by atoms with Gasteiger partial charge in [-0.3, -0.25) is 14.6 Å². The van der Waals surface area contributed by atoms with E-state index in [-0.39, 0.29) is 30.1 Å². The molecule has 0 bridgehead atoms. The molecule has 2 amide bonds. The van der Waals surface area contributed by atoms with E-state index in [2.05, 4.69) is 15.6 Å². The molecular formula is C23H28FN3O2. The molecule has 6 heteroatoms. The lowest BCUT2D eigenvalue weighted by Crippen LogP contribution is -2.37. The molecule has 1 aromatic heterocycles. The predicted molar refractivity (Wildman–Crippen MR) is 109 cm³/mol. The second-order valence-electron chi connectivity index (χ2n) is 7.79. The molecule has 1 saturated carbocycles. The van der Waals surface area contributed by atoms with Crippen molar-refractivity contribution >= 4 is 11.8 Å². The highest BCUT2D eigenvalue weighted by Crippen LogP contribution is 2.36. The van der Waals surface area contributed by atoms with Gasteiger partial charge in [0.25, 0.3) is 0 Å². The van der Waals surface area contributed by atoms with Crippen LogP contribution < -0.4 is 10.6 Å². The zero-order chi connectivity index (χ0) is 20.6. The normalized spacial score (nSPS) is 19.9. The third kappa shape index (κ3) is 6.11. The molecule has 1 fully saturated rings. The molecular weight excluding hydrogens is 369 g/mol. The van der Waals surface area contributed by atoms with Crippen LogP contribution >= 0.6 is 0 Å². The van der Waals surface area contributed by atoms with Crippen molar-refractivity contribution in [1.82, 2.24) is 15.6 Å². The van der Waals surface area contributed by atoms with Gasteiger partial charge >= 0.3 is 0 Å². The van der Waals surface area contributed by atoms with Gasteiger partial charge in [-0.05, 0) is 61.3 Å². The van der Waals surface area contributed by atoms with E-state index in [0.717, 1.165) is 31.4 Å².